The molecule has 0 aliphatic carbocycles. The maximum Gasteiger partial charge on any atom is 0.221 e. The van der Waals surface area contributed by atoms with Crippen molar-refractivity contribution < 1.29 is 14.6 Å². The molecule has 1 aliphatic rings. The van der Waals surface area contributed by atoms with Crippen molar-refractivity contribution in [3.05, 3.63) is 47.9 Å². The first kappa shape index (κ1) is 16.8. The van der Waals surface area contributed by atoms with Gasteiger partial charge in [0.15, 0.2) is 0 Å². The van der Waals surface area contributed by atoms with E-state index in [-0.39, 0.29) is 5.75 Å². The summed E-state index contributed by atoms with van der Waals surface area (Å²) >= 11 is 0. The predicted octanol–water partition coefficient (Wildman–Crippen LogP) is 4.21. The summed E-state index contributed by atoms with van der Waals surface area (Å²) in [5.74, 6) is 1.07. The maximum atomic E-state index is 9.96. The Kier molecular flexibility index (Phi) is 4.47. The van der Waals surface area contributed by atoms with Gasteiger partial charge in [0.25, 0.3) is 0 Å². The number of hydrogen-bond donors (Lipinski definition) is 1. The van der Waals surface area contributed by atoms with Gasteiger partial charge in [-0.05, 0) is 61.0 Å². The first-order chi connectivity index (χ1) is 12.7. The van der Waals surface area contributed by atoms with Gasteiger partial charge >= 0.3 is 0 Å². The highest BCUT2D eigenvalue weighted by atomic mass is 16.5. The van der Waals surface area contributed by atoms with E-state index in [9.17, 15) is 5.11 Å². The van der Waals surface area contributed by atoms with E-state index in [2.05, 4.69) is 11.1 Å². The van der Waals surface area contributed by atoms with Crippen LogP contribution in [0, 0.1) is 6.92 Å². The third-order valence-electron chi connectivity index (χ3n) is 4.97. The molecule has 0 atom stereocenters. The lowest BCUT2D eigenvalue weighted by molar-refractivity contribution is 0.0845. The lowest BCUT2D eigenvalue weighted by Gasteiger charge is -2.25. The molecule has 0 bridgehead atoms. The summed E-state index contributed by atoms with van der Waals surface area (Å²) in [6.07, 6.45) is 3.71. The standard InChI is InChI=1S/C21H22N2O3/c1-13-11-15(5-8-22-13)19-17-4-3-16(24)12-18(17)21(25-2)23-20(19)14-6-9-26-10-7-14/h3-5,8,11-12,14,24H,6-7,9-10H2,1-2H3. The van der Waals surface area contributed by atoms with E-state index in [0.29, 0.717) is 11.8 Å². The minimum Gasteiger partial charge on any atom is -0.508 e. The zero-order valence-corrected chi connectivity index (χ0v) is 15.0. The summed E-state index contributed by atoms with van der Waals surface area (Å²) in [6, 6.07) is 9.48. The number of aryl methyl sites for hydroxylation is 1. The van der Waals surface area contributed by atoms with E-state index in [0.717, 1.165) is 59.3 Å². The fourth-order valence-electron chi connectivity index (χ4n) is 3.72. The SMILES string of the molecule is COc1nc(C2CCOCC2)c(-c2ccnc(C)c2)c2ccc(O)cc12. The van der Waals surface area contributed by atoms with Crippen LogP contribution in [0.3, 0.4) is 0 Å². The third-order valence-corrected chi connectivity index (χ3v) is 4.97. The Morgan fingerprint density at radius 3 is 2.65 bits per heavy atom. The van der Waals surface area contributed by atoms with Crippen LogP contribution >= 0.6 is 0 Å². The highest BCUT2D eigenvalue weighted by Gasteiger charge is 2.25. The maximum absolute atomic E-state index is 9.96. The zero-order chi connectivity index (χ0) is 18.1. The minimum absolute atomic E-state index is 0.202. The number of pyridine rings is 2. The summed E-state index contributed by atoms with van der Waals surface area (Å²) in [5, 5.41) is 11.8. The first-order valence-corrected chi connectivity index (χ1v) is 8.88. The van der Waals surface area contributed by atoms with Crippen LogP contribution in [-0.2, 0) is 4.74 Å². The van der Waals surface area contributed by atoms with Crippen LogP contribution in [0.15, 0.2) is 36.5 Å². The van der Waals surface area contributed by atoms with Crippen LogP contribution in [0.5, 0.6) is 11.6 Å². The molecule has 3 aromatic rings. The van der Waals surface area contributed by atoms with Crippen molar-refractivity contribution in [1.29, 1.82) is 0 Å². The number of ether oxygens (including phenoxy) is 2. The summed E-state index contributed by atoms with van der Waals surface area (Å²) in [5.41, 5.74) is 4.18. The molecule has 0 saturated carbocycles. The second-order valence-corrected chi connectivity index (χ2v) is 6.68. The molecular formula is C21H22N2O3. The highest BCUT2D eigenvalue weighted by Crippen LogP contribution is 2.42. The van der Waals surface area contributed by atoms with Crippen molar-refractivity contribution in [3.8, 4) is 22.8 Å². The van der Waals surface area contributed by atoms with Crippen molar-refractivity contribution in [2.24, 2.45) is 0 Å². The Hall–Kier alpha value is -2.66. The number of methoxy groups -OCH3 is 1. The van der Waals surface area contributed by atoms with Gasteiger partial charge < -0.3 is 14.6 Å². The van der Waals surface area contributed by atoms with Crippen LogP contribution in [0.1, 0.15) is 30.1 Å². The normalized spacial score (nSPS) is 15.3. The Morgan fingerprint density at radius 2 is 1.92 bits per heavy atom. The number of phenolic OH excluding ortho intramolecular Hbond substituents is 1. The van der Waals surface area contributed by atoms with Gasteiger partial charge in [-0.3, -0.25) is 4.98 Å². The van der Waals surface area contributed by atoms with Crippen LogP contribution in [0.25, 0.3) is 21.9 Å². The van der Waals surface area contributed by atoms with Crippen molar-refractivity contribution in [1.82, 2.24) is 9.97 Å². The van der Waals surface area contributed by atoms with E-state index in [4.69, 9.17) is 14.5 Å². The number of benzene rings is 1. The summed E-state index contributed by atoms with van der Waals surface area (Å²) in [7, 11) is 1.62. The molecule has 0 radical (unpaired) electrons. The molecule has 2 aromatic heterocycles. The largest absolute Gasteiger partial charge is 0.508 e. The van der Waals surface area contributed by atoms with Gasteiger partial charge in [0.1, 0.15) is 5.75 Å². The molecule has 5 nitrogen and oxygen atoms in total. The molecule has 0 unspecified atom stereocenters. The van der Waals surface area contributed by atoms with Crippen LogP contribution in [0.2, 0.25) is 0 Å². The van der Waals surface area contributed by atoms with Crippen molar-refractivity contribution in [2.45, 2.75) is 25.7 Å². The van der Waals surface area contributed by atoms with E-state index >= 15 is 0 Å². The molecule has 1 fully saturated rings. The number of hydrogen-bond acceptors (Lipinski definition) is 5. The molecule has 1 N–H and O–H groups in total. The van der Waals surface area contributed by atoms with Crippen LogP contribution in [0.4, 0.5) is 0 Å². The van der Waals surface area contributed by atoms with E-state index in [1.54, 1.807) is 19.2 Å². The molecule has 0 spiro atoms. The zero-order valence-electron chi connectivity index (χ0n) is 15.0. The lowest BCUT2D eigenvalue weighted by Crippen LogP contribution is -2.16. The molecule has 3 heterocycles. The van der Waals surface area contributed by atoms with E-state index in [1.807, 2.05) is 25.3 Å². The van der Waals surface area contributed by atoms with Gasteiger partial charge in [-0.15, -0.1) is 0 Å². The van der Waals surface area contributed by atoms with Gasteiger partial charge in [-0.1, -0.05) is 0 Å². The quantitative estimate of drug-likeness (QED) is 0.766. The predicted molar refractivity (Wildman–Crippen MR) is 101 cm³/mol. The lowest BCUT2D eigenvalue weighted by atomic mass is 9.87. The number of aromatic hydroxyl groups is 1. The summed E-state index contributed by atoms with van der Waals surface area (Å²) < 4.78 is 11.1. The molecule has 4 rings (SSSR count). The molecule has 1 aliphatic heterocycles. The van der Waals surface area contributed by atoms with Crippen LogP contribution < -0.4 is 4.74 Å². The molecule has 1 aromatic carbocycles. The highest BCUT2D eigenvalue weighted by molar-refractivity contribution is 6.01. The monoisotopic (exact) mass is 350 g/mol. The van der Waals surface area contributed by atoms with Gasteiger partial charge in [-0.2, -0.15) is 0 Å². The Bertz CT molecular complexity index is 949. The molecule has 5 heteroatoms. The molecule has 1 saturated heterocycles. The number of fused-ring (bicyclic) bond motifs is 1. The van der Waals surface area contributed by atoms with Gasteiger partial charge in [0.05, 0.1) is 12.8 Å². The molecular weight excluding hydrogens is 328 g/mol. The van der Waals surface area contributed by atoms with Crippen molar-refractivity contribution in [3.63, 3.8) is 0 Å². The number of rotatable bonds is 3. The number of phenols is 1. The average molecular weight is 350 g/mol. The van der Waals surface area contributed by atoms with Gasteiger partial charge in [0.2, 0.25) is 5.88 Å². The Labute approximate surface area is 152 Å². The Morgan fingerprint density at radius 1 is 1.12 bits per heavy atom. The first-order valence-electron chi connectivity index (χ1n) is 8.88. The van der Waals surface area contributed by atoms with E-state index in [1.165, 1.54) is 0 Å². The van der Waals surface area contributed by atoms with Crippen molar-refractivity contribution in [2.75, 3.05) is 20.3 Å². The van der Waals surface area contributed by atoms with E-state index < -0.39 is 0 Å². The number of aromatic nitrogens is 2. The molecule has 26 heavy (non-hydrogen) atoms. The summed E-state index contributed by atoms with van der Waals surface area (Å²) in [4.78, 5) is 9.21. The molecule has 0 amide bonds. The Balaban J connectivity index is 2.04. The molecule has 134 valence electrons. The van der Waals surface area contributed by atoms with Gasteiger partial charge in [-0.25, -0.2) is 4.98 Å². The topological polar surface area (TPSA) is 64.5 Å². The fraction of sp³-hybridized carbons (Fsp3) is 0.333. The fourth-order valence-corrected chi connectivity index (χ4v) is 3.72. The van der Waals surface area contributed by atoms with Crippen LogP contribution in [-0.4, -0.2) is 35.4 Å². The second-order valence-electron chi connectivity index (χ2n) is 6.68. The third kappa shape index (κ3) is 2.99. The average Bonchev–Trinajstić information content (AvgIpc) is 2.67. The second kappa shape index (κ2) is 6.92. The summed E-state index contributed by atoms with van der Waals surface area (Å²) in [6.45, 7) is 3.48. The minimum atomic E-state index is 0.202. The number of nitrogens with zero attached hydrogens (tertiary/aromatic N) is 2. The van der Waals surface area contributed by atoms with Gasteiger partial charge in [0, 0.05) is 42.0 Å². The van der Waals surface area contributed by atoms with Crippen molar-refractivity contribution >= 4 is 10.8 Å². The smallest absolute Gasteiger partial charge is 0.221 e.